The molecule has 4 N–H and O–H groups in total. The van der Waals surface area contributed by atoms with Crippen molar-refractivity contribution in [2.24, 2.45) is 11.7 Å². The van der Waals surface area contributed by atoms with Gasteiger partial charge >= 0.3 is 0 Å². The van der Waals surface area contributed by atoms with Gasteiger partial charge in [0.25, 0.3) is 0 Å². The fourth-order valence-electron chi connectivity index (χ4n) is 0.779. The summed E-state index contributed by atoms with van der Waals surface area (Å²) in [4.78, 5) is 11.1. The number of hydrogen-bond acceptors (Lipinski definition) is 3. The minimum Gasteiger partial charge on any atom is -0.394 e. The summed E-state index contributed by atoms with van der Waals surface area (Å²) >= 11 is 0. The summed E-state index contributed by atoms with van der Waals surface area (Å²) < 4.78 is 0. The molecule has 4 heteroatoms. The summed E-state index contributed by atoms with van der Waals surface area (Å²) in [7, 11) is 0. The zero-order valence-electron chi connectivity index (χ0n) is 7.71. The Morgan fingerprint density at radius 2 is 2.17 bits per heavy atom. The molecule has 0 rings (SSSR count). The number of amides is 1. The predicted octanol–water partition coefficient (Wildman–Crippen LogP) is -0.532. The molecule has 1 unspecified atom stereocenters. The Kier molecular flexibility index (Phi) is 5.66. The molecule has 0 heterocycles. The summed E-state index contributed by atoms with van der Waals surface area (Å²) in [6.07, 6.45) is 0.431. The number of carbonyl (C=O) groups excluding carboxylic acids is 1. The van der Waals surface area contributed by atoms with Crippen LogP contribution in [0, 0.1) is 5.92 Å². The second kappa shape index (κ2) is 5.97. The van der Waals surface area contributed by atoms with E-state index in [-0.39, 0.29) is 24.5 Å². The molecule has 0 aromatic carbocycles. The van der Waals surface area contributed by atoms with Gasteiger partial charge in [0.05, 0.1) is 6.61 Å². The molecule has 0 radical (unpaired) electrons. The van der Waals surface area contributed by atoms with E-state index in [0.29, 0.717) is 13.0 Å². The lowest BCUT2D eigenvalue weighted by Gasteiger charge is -2.12. The largest absolute Gasteiger partial charge is 0.394 e. The summed E-state index contributed by atoms with van der Waals surface area (Å²) in [5.74, 6) is 0.158. The van der Waals surface area contributed by atoms with Gasteiger partial charge in [0, 0.05) is 12.5 Å². The highest BCUT2D eigenvalue weighted by Crippen LogP contribution is 1.98. The number of nitrogens with one attached hydrogen (secondary N) is 1. The monoisotopic (exact) mass is 174 g/mol. The van der Waals surface area contributed by atoms with Crippen LogP contribution in [0.1, 0.15) is 20.3 Å². The summed E-state index contributed by atoms with van der Waals surface area (Å²) in [5.41, 5.74) is 5.35. The van der Waals surface area contributed by atoms with Crippen molar-refractivity contribution in [3.8, 4) is 0 Å². The molecule has 0 aromatic rings. The van der Waals surface area contributed by atoms with Crippen LogP contribution in [0.5, 0.6) is 0 Å². The van der Waals surface area contributed by atoms with E-state index in [4.69, 9.17) is 10.8 Å². The Hall–Kier alpha value is -0.610. The minimum atomic E-state index is -0.164. The highest BCUT2D eigenvalue weighted by Gasteiger charge is 2.09. The van der Waals surface area contributed by atoms with E-state index in [2.05, 4.69) is 5.32 Å². The molecular weight excluding hydrogens is 156 g/mol. The lowest BCUT2D eigenvalue weighted by atomic mass is 10.1. The van der Waals surface area contributed by atoms with Gasteiger partial charge in [-0.1, -0.05) is 6.92 Å². The van der Waals surface area contributed by atoms with Gasteiger partial charge in [-0.2, -0.15) is 0 Å². The quantitative estimate of drug-likeness (QED) is 0.524. The van der Waals surface area contributed by atoms with Crippen molar-refractivity contribution >= 4 is 5.91 Å². The Balaban J connectivity index is 3.59. The van der Waals surface area contributed by atoms with Gasteiger partial charge in [-0.3, -0.25) is 4.79 Å². The Bertz CT molecular complexity index is 125. The SMILES string of the molecule is CC(CN)CC(=O)N[C@H](C)CO. The summed E-state index contributed by atoms with van der Waals surface area (Å²) in [6, 6.07) is -0.164. The van der Waals surface area contributed by atoms with Crippen molar-refractivity contribution in [2.45, 2.75) is 26.3 Å². The van der Waals surface area contributed by atoms with E-state index in [1.165, 1.54) is 0 Å². The smallest absolute Gasteiger partial charge is 0.220 e. The fraction of sp³-hybridized carbons (Fsp3) is 0.875. The molecule has 12 heavy (non-hydrogen) atoms. The van der Waals surface area contributed by atoms with Crippen LogP contribution in [-0.4, -0.2) is 30.2 Å². The van der Waals surface area contributed by atoms with E-state index < -0.39 is 0 Å². The molecule has 2 atom stereocenters. The predicted molar refractivity (Wildman–Crippen MR) is 47.5 cm³/mol. The molecule has 0 aromatic heterocycles. The zero-order chi connectivity index (χ0) is 9.56. The number of aliphatic hydroxyl groups is 1. The van der Waals surface area contributed by atoms with E-state index in [0.717, 1.165) is 0 Å². The lowest BCUT2D eigenvalue weighted by molar-refractivity contribution is -0.122. The number of nitrogens with two attached hydrogens (primary N) is 1. The second-order valence-electron chi connectivity index (χ2n) is 3.20. The number of hydrogen-bond donors (Lipinski definition) is 3. The maximum absolute atomic E-state index is 11.1. The van der Waals surface area contributed by atoms with Crippen molar-refractivity contribution in [1.82, 2.24) is 5.32 Å². The third-order valence-electron chi connectivity index (χ3n) is 1.62. The van der Waals surface area contributed by atoms with Crippen LogP contribution in [0.4, 0.5) is 0 Å². The zero-order valence-corrected chi connectivity index (χ0v) is 7.71. The third kappa shape index (κ3) is 5.09. The number of carbonyl (C=O) groups is 1. The summed E-state index contributed by atoms with van der Waals surface area (Å²) in [6.45, 7) is 4.16. The molecule has 1 amide bonds. The van der Waals surface area contributed by atoms with Gasteiger partial charge in [-0.05, 0) is 19.4 Å². The van der Waals surface area contributed by atoms with Crippen LogP contribution in [0.25, 0.3) is 0 Å². The lowest BCUT2D eigenvalue weighted by Crippen LogP contribution is -2.36. The van der Waals surface area contributed by atoms with Gasteiger partial charge in [-0.15, -0.1) is 0 Å². The van der Waals surface area contributed by atoms with Crippen LogP contribution in [-0.2, 0) is 4.79 Å². The van der Waals surface area contributed by atoms with Crippen molar-refractivity contribution < 1.29 is 9.90 Å². The van der Waals surface area contributed by atoms with Crippen molar-refractivity contribution in [1.29, 1.82) is 0 Å². The van der Waals surface area contributed by atoms with Crippen molar-refractivity contribution in [3.05, 3.63) is 0 Å². The third-order valence-corrected chi connectivity index (χ3v) is 1.62. The van der Waals surface area contributed by atoms with Gasteiger partial charge < -0.3 is 16.2 Å². The second-order valence-corrected chi connectivity index (χ2v) is 3.20. The topological polar surface area (TPSA) is 75.4 Å². The molecule has 0 aliphatic rings. The molecule has 0 fully saturated rings. The van der Waals surface area contributed by atoms with Crippen molar-refractivity contribution in [2.75, 3.05) is 13.2 Å². The van der Waals surface area contributed by atoms with Gasteiger partial charge in [-0.25, -0.2) is 0 Å². The first kappa shape index (κ1) is 11.4. The standard InChI is InChI=1S/C8H18N2O2/c1-6(4-9)3-8(12)10-7(2)5-11/h6-7,11H,3-5,9H2,1-2H3,(H,10,12)/t6?,7-/m1/s1. The minimum absolute atomic E-state index is 0.0251. The highest BCUT2D eigenvalue weighted by molar-refractivity contribution is 5.76. The van der Waals surface area contributed by atoms with Crippen molar-refractivity contribution in [3.63, 3.8) is 0 Å². The number of aliphatic hydroxyl groups excluding tert-OH is 1. The maximum atomic E-state index is 11.1. The normalized spacial score (nSPS) is 15.3. The first-order valence-electron chi connectivity index (χ1n) is 4.20. The average molecular weight is 174 g/mol. The van der Waals surface area contributed by atoms with Crippen LogP contribution in [0.15, 0.2) is 0 Å². The Labute approximate surface area is 73.1 Å². The van der Waals surface area contributed by atoms with Gasteiger partial charge in [0.2, 0.25) is 5.91 Å². The average Bonchev–Trinajstić information content (AvgIpc) is 2.03. The molecule has 0 aliphatic carbocycles. The van der Waals surface area contributed by atoms with Gasteiger partial charge in [0.1, 0.15) is 0 Å². The molecule has 0 aliphatic heterocycles. The van der Waals surface area contributed by atoms with Gasteiger partial charge in [0.15, 0.2) is 0 Å². The first-order chi connectivity index (χ1) is 5.60. The molecule has 0 spiro atoms. The molecule has 0 bridgehead atoms. The van der Waals surface area contributed by atoms with E-state index in [1.807, 2.05) is 6.92 Å². The van der Waals surface area contributed by atoms with Crippen LogP contribution < -0.4 is 11.1 Å². The maximum Gasteiger partial charge on any atom is 0.220 e. The van der Waals surface area contributed by atoms with Crippen LogP contribution in [0.3, 0.4) is 0 Å². The van der Waals surface area contributed by atoms with Crippen LogP contribution >= 0.6 is 0 Å². The number of rotatable bonds is 5. The fourth-order valence-corrected chi connectivity index (χ4v) is 0.779. The molecule has 72 valence electrons. The Morgan fingerprint density at radius 1 is 1.58 bits per heavy atom. The van der Waals surface area contributed by atoms with E-state index >= 15 is 0 Å². The first-order valence-corrected chi connectivity index (χ1v) is 4.20. The molecular formula is C8H18N2O2. The summed E-state index contributed by atoms with van der Waals surface area (Å²) in [5, 5.41) is 11.3. The molecule has 0 saturated heterocycles. The Morgan fingerprint density at radius 3 is 2.58 bits per heavy atom. The van der Waals surface area contributed by atoms with Crippen LogP contribution in [0.2, 0.25) is 0 Å². The van der Waals surface area contributed by atoms with E-state index in [1.54, 1.807) is 6.92 Å². The van der Waals surface area contributed by atoms with E-state index in [9.17, 15) is 4.79 Å². The molecule has 4 nitrogen and oxygen atoms in total. The molecule has 0 saturated carbocycles. The highest BCUT2D eigenvalue weighted by atomic mass is 16.3.